The van der Waals surface area contributed by atoms with Crippen LogP contribution in [0, 0.1) is 0 Å². The number of carbonyl (C=O) groups is 1. The van der Waals surface area contributed by atoms with Gasteiger partial charge in [0.25, 0.3) is 0 Å². The van der Waals surface area contributed by atoms with Crippen molar-refractivity contribution in [1.29, 1.82) is 0 Å². The molecule has 0 spiro atoms. The van der Waals surface area contributed by atoms with Gasteiger partial charge in [0.2, 0.25) is 5.91 Å². The number of rotatable bonds is 9. The minimum Gasteiger partial charge on any atom is -0.497 e. The highest BCUT2D eigenvalue weighted by atomic mass is 32.1. The SMILES string of the molecule is COc1ccc(CCN(C)C(=O)Cc2csc(COc3ccccc3)n2)cc1. The first-order chi connectivity index (χ1) is 13.6. The molecule has 1 aromatic heterocycles. The zero-order chi connectivity index (χ0) is 19.8. The molecule has 0 bridgehead atoms. The van der Waals surface area contributed by atoms with Crippen molar-refractivity contribution in [2.45, 2.75) is 19.4 Å². The maximum Gasteiger partial charge on any atom is 0.228 e. The van der Waals surface area contributed by atoms with Crippen LogP contribution >= 0.6 is 11.3 Å². The Morgan fingerprint density at radius 3 is 2.54 bits per heavy atom. The van der Waals surface area contributed by atoms with Crippen LogP contribution in [0.4, 0.5) is 0 Å². The Morgan fingerprint density at radius 2 is 1.82 bits per heavy atom. The van der Waals surface area contributed by atoms with Gasteiger partial charge in [0, 0.05) is 19.0 Å². The number of benzene rings is 2. The van der Waals surface area contributed by atoms with Crippen molar-refractivity contribution in [3.05, 3.63) is 76.2 Å². The first-order valence-corrected chi connectivity index (χ1v) is 10.00. The molecule has 0 atom stereocenters. The number of hydrogen-bond donors (Lipinski definition) is 0. The molecule has 3 aromatic rings. The van der Waals surface area contributed by atoms with Gasteiger partial charge in [0.1, 0.15) is 23.1 Å². The normalized spacial score (nSPS) is 10.5. The van der Waals surface area contributed by atoms with Gasteiger partial charge in [0.15, 0.2) is 0 Å². The number of ether oxygens (including phenoxy) is 2. The lowest BCUT2D eigenvalue weighted by Gasteiger charge is -2.16. The average Bonchev–Trinajstić information content (AvgIpc) is 3.19. The van der Waals surface area contributed by atoms with Crippen molar-refractivity contribution in [3.63, 3.8) is 0 Å². The number of carbonyl (C=O) groups excluding carboxylic acids is 1. The lowest BCUT2D eigenvalue weighted by Crippen LogP contribution is -2.30. The van der Waals surface area contributed by atoms with Crippen LogP contribution in [-0.4, -0.2) is 36.5 Å². The molecule has 0 aliphatic heterocycles. The van der Waals surface area contributed by atoms with Gasteiger partial charge in [-0.05, 0) is 36.2 Å². The van der Waals surface area contributed by atoms with Crippen molar-refractivity contribution in [3.8, 4) is 11.5 Å². The molecular weight excluding hydrogens is 372 g/mol. The highest BCUT2D eigenvalue weighted by Gasteiger charge is 2.12. The predicted octanol–water partition coefficient (Wildman–Crippen LogP) is 3.97. The van der Waals surface area contributed by atoms with E-state index < -0.39 is 0 Å². The zero-order valence-corrected chi connectivity index (χ0v) is 16.9. The molecule has 0 N–H and O–H groups in total. The number of nitrogens with zero attached hydrogens (tertiary/aromatic N) is 2. The Hall–Kier alpha value is -2.86. The Bertz CT molecular complexity index is 878. The average molecular weight is 397 g/mol. The first-order valence-electron chi connectivity index (χ1n) is 9.12. The monoisotopic (exact) mass is 396 g/mol. The van der Waals surface area contributed by atoms with Crippen LogP contribution in [-0.2, 0) is 24.2 Å². The van der Waals surface area contributed by atoms with Gasteiger partial charge in [-0.2, -0.15) is 0 Å². The third-order valence-electron chi connectivity index (χ3n) is 4.36. The number of likely N-dealkylation sites (N-methyl/N-ethyl adjacent to an activating group) is 1. The van der Waals surface area contributed by atoms with Crippen LogP contribution < -0.4 is 9.47 Å². The summed E-state index contributed by atoms with van der Waals surface area (Å²) in [7, 11) is 3.48. The highest BCUT2D eigenvalue weighted by molar-refractivity contribution is 7.09. The van der Waals surface area contributed by atoms with E-state index in [1.165, 1.54) is 16.9 Å². The fourth-order valence-electron chi connectivity index (χ4n) is 2.66. The molecule has 2 aromatic carbocycles. The number of thiazole rings is 1. The zero-order valence-electron chi connectivity index (χ0n) is 16.1. The summed E-state index contributed by atoms with van der Waals surface area (Å²) in [4.78, 5) is 18.7. The fourth-order valence-corrected chi connectivity index (χ4v) is 3.37. The number of methoxy groups -OCH3 is 1. The predicted molar refractivity (Wildman–Crippen MR) is 111 cm³/mol. The molecule has 6 heteroatoms. The summed E-state index contributed by atoms with van der Waals surface area (Å²) in [5.74, 6) is 1.71. The molecule has 0 aliphatic rings. The number of aromatic nitrogens is 1. The molecule has 0 saturated carbocycles. The highest BCUT2D eigenvalue weighted by Crippen LogP contribution is 2.16. The molecule has 0 unspecified atom stereocenters. The minimum absolute atomic E-state index is 0.0642. The van der Waals surface area contributed by atoms with E-state index in [0.717, 1.165) is 28.6 Å². The third-order valence-corrected chi connectivity index (χ3v) is 5.23. The van der Waals surface area contributed by atoms with Gasteiger partial charge in [0.05, 0.1) is 19.2 Å². The van der Waals surface area contributed by atoms with E-state index in [4.69, 9.17) is 9.47 Å². The fraction of sp³-hybridized carbons (Fsp3) is 0.273. The van der Waals surface area contributed by atoms with Crippen molar-refractivity contribution in [2.24, 2.45) is 0 Å². The van der Waals surface area contributed by atoms with Gasteiger partial charge in [-0.1, -0.05) is 30.3 Å². The van der Waals surface area contributed by atoms with Crippen molar-refractivity contribution < 1.29 is 14.3 Å². The second-order valence-corrected chi connectivity index (χ2v) is 7.37. The lowest BCUT2D eigenvalue weighted by atomic mass is 10.1. The van der Waals surface area contributed by atoms with Crippen molar-refractivity contribution in [1.82, 2.24) is 9.88 Å². The topological polar surface area (TPSA) is 51.7 Å². The standard InChI is InChI=1S/C22H24N2O3S/c1-24(13-12-17-8-10-19(26-2)11-9-17)22(25)14-18-16-28-21(23-18)15-27-20-6-4-3-5-7-20/h3-11,16H,12-15H2,1-2H3. The summed E-state index contributed by atoms with van der Waals surface area (Å²) < 4.78 is 10.9. The molecule has 0 saturated heterocycles. The Balaban J connectivity index is 1.45. The Labute approximate surface area is 169 Å². The van der Waals surface area contributed by atoms with E-state index in [1.54, 1.807) is 12.0 Å². The molecule has 146 valence electrons. The lowest BCUT2D eigenvalue weighted by molar-refractivity contribution is -0.129. The summed E-state index contributed by atoms with van der Waals surface area (Å²) in [6.45, 7) is 1.08. The minimum atomic E-state index is 0.0642. The van der Waals surface area contributed by atoms with Crippen molar-refractivity contribution >= 4 is 17.2 Å². The van der Waals surface area contributed by atoms with E-state index in [1.807, 2.05) is 67.0 Å². The van der Waals surface area contributed by atoms with Gasteiger partial charge in [-0.25, -0.2) is 4.98 Å². The molecule has 0 fully saturated rings. The van der Waals surface area contributed by atoms with E-state index in [9.17, 15) is 4.79 Å². The summed E-state index contributed by atoms with van der Waals surface area (Å²) >= 11 is 1.52. The van der Waals surface area contributed by atoms with E-state index in [0.29, 0.717) is 19.6 Å². The molecular formula is C22H24N2O3S. The van der Waals surface area contributed by atoms with Gasteiger partial charge >= 0.3 is 0 Å². The molecule has 1 heterocycles. The molecule has 5 nitrogen and oxygen atoms in total. The van der Waals surface area contributed by atoms with E-state index in [-0.39, 0.29) is 5.91 Å². The summed E-state index contributed by atoms with van der Waals surface area (Å²) in [6.07, 6.45) is 1.11. The van der Waals surface area contributed by atoms with Gasteiger partial charge in [-0.15, -0.1) is 11.3 Å². The van der Waals surface area contributed by atoms with Gasteiger partial charge < -0.3 is 14.4 Å². The third kappa shape index (κ3) is 5.82. The van der Waals surface area contributed by atoms with Crippen LogP contribution in [0.1, 0.15) is 16.3 Å². The number of amides is 1. The largest absolute Gasteiger partial charge is 0.497 e. The Kier molecular flexibility index (Phi) is 7.03. The summed E-state index contributed by atoms with van der Waals surface area (Å²) in [6, 6.07) is 17.6. The second-order valence-electron chi connectivity index (χ2n) is 6.42. The number of para-hydroxylation sites is 1. The first kappa shape index (κ1) is 19.9. The van der Waals surface area contributed by atoms with Crippen LogP contribution in [0.5, 0.6) is 11.5 Å². The van der Waals surface area contributed by atoms with Crippen LogP contribution in [0.25, 0.3) is 0 Å². The molecule has 0 aliphatic carbocycles. The Morgan fingerprint density at radius 1 is 1.07 bits per heavy atom. The van der Waals surface area contributed by atoms with Crippen molar-refractivity contribution in [2.75, 3.05) is 20.7 Å². The number of hydrogen-bond acceptors (Lipinski definition) is 5. The smallest absolute Gasteiger partial charge is 0.228 e. The quantitative estimate of drug-likeness (QED) is 0.549. The van der Waals surface area contributed by atoms with Crippen LogP contribution in [0.2, 0.25) is 0 Å². The van der Waals surface area contributed by atoms with Crippen LogP contribution in [0.3, 0.4) is 0 Å². The maximum atomic E-state index is 12.5. The molecule has 3 rings (SSSR count). The summed E-state index contributed by atoms with van der Waals surface area (Å²) in [5, 5.41) is 2.80. The second kappa shape index (κ2) is 9.90. The van der Waals surface area contributed by atoms with Gasteiger partial charge in [-0.3, -0.25) is 4.79 Å². The van der Waals surface area contributed by atoms with E-state index >= 15 is 0 Å². The molecule has 28 heavy (non-hydrogen) atoms. The maximum absolute atomic E-state index is 12.5. The summed E-state index contributed by atoms with van der Waals surface area (Å²) in [5.41, 5.74) is 1.97. The van der Waals surface area contributed by atoms with E-state index in [2.05, 4.69) is 4.98 Å². The molecule has 1 amide bonds. The van der Waals surface area contributed by atoms with Crippen LogP contribution in [0.15, 0.2) is 60.0 Å². The molecule has 0 radical (unpaired) electrons.